The first-order valence-corrected chi connectivity index (χ1v) is 13.8. The Balaban J connectivity index is 1.82. The van der Waals surface area contributed by atoms with Gasteiger partial charge in [-0.1, -0.05) is 27.7 Å². The zero-order chi connectivity index (χ0) is 26.5. The molecule has 0 saturated heterocycles. The van der Waals surface area contributed by atoms with Crippen molar-refractivity contribution >= 4 is 26.9 Å². The van der Waals surface area contributed by atoms with Gasteiger partial charge in [0.2, 0.25) is 15.9 Å². The number of rotatable bonds is 13. The van der Waals surface area contributed by atoms with Gasteiger partial charge < -0.3 is 18.8 Å². The van der Waals surface area contributed by atoms with Gasteiger partial charge in [-0.2, -0.15) is 0 Å². The number of hydrogen-bond acceptors (Lipinski definition) is 6. The smallest absolute Gasteiger partial charge is 0.240 e. The van der Waals surface area contributed by atoms with Crippen LogP contribution in [0.4, 0.5) is 0 Å². The maximum atomic E-state index is 13.4. The summed E-state index contributed by atoms with van der Waals surface area (Å²) in [6.07, 6.45) is 5.00. The van der Waals surface area contributed by atoms with Crippen LogP contribution < -0.4 is 4.72 Å². The van der Waals surface area contributed by atoms with Crippen molar-refractivity contribution in [3.05, 3.63) is 48.7 Å². The Kier molecular flexibility index (Phi) is 9.32. The van der Waals surface area contributed by atoms with Gasteiger partial charge in [-0.25, -0.2) is 18.1 Å². The van der Waals surface area contributed by atoms with Gasteiger partial charge in [-0.15, -0.1) is 0 Å². The lowest BCUT2D eigenvalue weighted by molar-refractivity contribution is -0.131. The van der Waals surface area contributed by atoms with E-state index in [0.29, 0.717) is 35.9 Å². The van der Waals surface area contributed by atoms with Crippen LogP contribution in [0.3, 0.4) is 0 Å². The molecule has 0 unspecified atom stereocenters. The molecule has 0 saturated carbocycles. The van der Waals surface area contributed by atoms with Gasteiger partial charge in [0, 0.05) is 57.8 Å². The summed E-state index contributed by atoms with van der Waals surface area (Å²) < 4.78 is 36.8. The predicted molar refractivity (Wildman–Crippen MR) is 141 cm³/mol. The molecule has 1 atom stereocenters. The molecule has 3 rings (SSSR count). The highest BCUT2D eigenvalue weighted by atomic mass is 32.2. The Hall–Kier alpha value is -2.69. The molecule has 0 fully saturated rings. The summed E-state index contributed by atoms with van der Waals surface area (Å²) in [5.41, 5.74) is 1.52. The van der Waals surface area contributed by atoms with Gasteiger partial charge in [0.15, 0.2) is 0 Å². The monoisotopic (exact) mass is 517 g/mol. The number of nitrogens with one attached hydrogen (secondary N) is 1. The first kappa shape index (κ1) is 27.9. The summed E-state index contributed by atoms with van der Waals surface area (Å²) in [5, 5.41) is 0.711. The van der Waals surface area contributed by atoms with E-state index in [-0.39, 0.29) is 17.2 Å². The number of aromatic nitrogens is 2. The second-order valence-electron chi connectivity index (χ2n) is 10.4. The summed E-state index contributed by atoms with van der Waals surface area (Å²) in [5.74, 6) is 0.684. The third kappa shape index (κ3) is 7.65. The van der Waals surface area contributed by atoms with E-state index in [1.54, 1.807) is 42.7 Å². The van der Waals surface area contributed by atoms with Crippen molar-refractivity contribution < 1.29 is 17.6 Å². The predicted octanol–water partition coefficient (Wildman–Crippen LogP) is 3.48. The van der Waals surface area contributed by atoms with Crippen LogP contribution in [0.5, 0.6) is 0 Å². The second-order valence-corrected chi connectivity index (χ2v) is 12.1. The number of sulfonamides is 1. The van der Waals surface area contributed by atoms with Crippen LogP contribution in [0.1, 0.15) is 39.8 Å². The largest absolute Gasteiger partial charge is 0.464 e. The maximum absolute atomic E-state index is 13.4. The molecule has 3 aromatic rings. The number of furan rings is 1. The lowest BCUT2D eigenvalue weighted by atomic mass is 10.1. The van der Waals surface area contributed by atoms with Crippen LogP contribution in [-0.4, -0.2) is 66.4 Å². The Morgan fingerprint density at radius 2 is 1.81 bits per heavy atom. The van der Waals surface area contributed by atoms with E-state index in [1.165, 1.54) is 12.3 Å². The molecule has 0 aliphatic heterocycles. The topological polar surface area (TPSA) is 101 Å². The number of aryl methyl sites for hydroxylation is 1. The summed E-state index contributed by atoms with van der Waals surface area (Å²) in [6, 6.07) is 5.91. The average Bonchev–Trinajstić information content (AvgIpc) is 3.40. The molecule has 36 heavy (non-hydrogen) atoms. The average molecular weight is 518 g/mol. The fraction of sp³-hybridized carbons (Fsp3) is 0.538. The van der Waals surface area contributed by atoms with E-state index < -0.39 is 16.1 Å². The zero-order valence-corrected chi connectivity index (χ0v) is 23.0. The SMILES string of the molecule is CC(C)CN(CC(C)C)C[C@H](CC(=O)N(C)Cc1cncn1C)NS(=O)(=O)c1ccc2occc2c1. The van der Waals surface area contributed by atoms with E-state index in [4.69, 9.17) is 4.42 Å². The third-order valence-electron chi connectivity index (χ3n) is 5.94. The van der Waals surface area contributed by atoms with E-state index in [1.807, 2.05) is 11.6 Å². The first-order chi connectivity index (χ1) is 16.9. The van der Waals surface area contributed by atoms with Crippen molar-refractivity contribution in [3.8, 4) is 0 Å². The van der Waals surface area contributed by atoms with Crippen LogP contribution in [0.25, 0.3) is 11.0 Å². The molecule has 1 amide bonds. The van der Waals surface area contributed by atoms with Crippen molar-refractivity contribution in [2.75, 3.05) is 26.7 Å². The summed E-state index contributed by atoms with van der Waals surface area (Å²) in [4.78, 5) is 21.3. The maximum Gasteiger partial charge on any atom is 0.240 e. The van der Waals surface area contributed by atoms with Gasteiger partial charge in [0.05, 0.1) is 29.7 Å². The number of fused-ring (bicyclic) bond motifs is 1. The van der Waals surface area contributed by atoms with Crippen molar-refractivity contribution in [1.29, 1.82) is 0 Å². The standard InChI is InChI=1S/C26H39N5O4S/c1-19(2)14-31(15-20(3)4)16-22(12-26(32)29(5)17-23-13-27-18-30(23)6)28-36(33,34)24-7-8-25-21(11-24)9-10-35-25/h7-11,13,18-20,22,28H,12,14-17H2,1-6H3/t22-/m0/s1. The summed E-state index contributed by atoms with van der Waals surface area (Å²) >= 11 is 0. The van der Waals surface area contributed by atoms with Gasteiger partial charge in [0.1, 0.15) is 5.58 Å². The number of benzene rings is 1. The molecular formula is C26H39N5O4S. The highest BCUT2D eigenvalue weighted by Crippen LogP contribution is 2.21. The van der Waals surface area contributed by atoms with Gasteiger partial charge in [-0.05, 0) is 36.1 Å². The molecule has 0 aliphatic rings. The third-order valence-corrected chi connectivity index (χ3v) is 7.46. The van der Waals surface area contributed by atoms with Crippen molar-refractivity contribution in [3.63, 3.8) is 0 Å². The van der Waals surface area contributed by atoms with E-state index in [0.717, 1.165) is 18.8 Å². The first-order valence-electron chi connectivity index (χ1n) is 12.4. The Morgan fingerprint density at radius 1 is 1.11 bits per heavy atom. The summed E-state index contributed by atoms with van der Waals surface area (Å²) in [6.45, 7) is 11.0. The van der Waals surface area contributed by atoms with Crippen molar-refractivity contribution in [1.82, 2.24) is 24.1 Å². The van der Waals surface area contributed by atoms with Crippen molar-refractivity contribution in [2.24, 2.45) is 18.9 Å². The van der Waals surface area contributed by atoms with Gasteiger partial charge >= 0.3 is 0 Å². The van der Waals surface area contributed by atoms with Crippen LogP contribution in [0.2, 0.25) is 0 Å². The molecule has 1 aromatic carbocycles. The molecule has 10 heteroatoms. The van der Waals surface area contributed by atoms with Crippen LogP contribution in [0.15, 0.2) is 52.4 Å². The van der Waals surface area contributed by atoms with E-state index in [9.17, 15) is 13.2 Å². The minimum atomic E-state index is -3.86. The molecule has 0 spiro atoms. The quantitative estimate of drug-likeness (QED) is 0.373. The molecule has 0 aliphatic carbocycles. The Morgan fingerprint density at radius 3 is 2.42 bits per heavy atom. The summed E-state index contributed by atoms with van der Waals surface area (Å²) in [7, 11) is -0.254. The highest BCUT2D eigenvalue weighted by molar-refractivity contribution is 7.89. The number of hydrogen-bond donors (Lipinski definition) is 1. The molecule has 0 bridgehead atoms. The fourth-order valence-electron chi connectivity index (χ4n) is 4.35. The molecule has 2 aromatic heterocycles. The number of nitrogens with zero attached hydrogens (tertiary/aromatic N) is 4. The molecule has 198 valence electrons. The second kappa shape index (κ2) is 12.0. The fourth-order valence-corrected chi connectivity index (χ4v) is 5.61. The number of carbonyl (C=O) groups excluding carboxylic acids is 1. The normalized spacial score (nSPS) is 13.2. The molecule has 2 heterocycles. The van der Waals surface area contributed by atoms with E-state index >= 15 is 0 Å². The van der Waals surface area contributed by atoms with E-state index in [2.05, 4.69) is 42.3 Å². The van der Waals surface area contributed by atoms with Crippen LogP contribution >= 0.6 is 0 Å². The molecular weight excluding hydrogens is 478 g/mol. The van der Waals surface area contributed by atoms with Crippen LogP contribution in [-0.2, 0) is 28.4 Å². The molecule has 1 N–H and O–H groups in total. The number of imidazole rings is 1. The highest BCUT2D eigenvalue weighted by Gasteiger charge is 2.27. The molecule has 9 nitrogen and oxygen atoms in total. The minimum Gasteiger partial charge on any atom is -0.464 e. The zero-order valence-electron chi connectivity index (χ0n) is 22.1. The Labute approximate surface area is 214 Å². The lowest BCUT2D eigenvalue weighted by Crippen LogP contribution is -2.48. The Bertz CT molecular complexity index is 1240. The number of amides is 1. The number of carbonyl (C=O) groups is 1. The molecule has 0 radical (unpaired) electrons. The van der Waals surface area contributed by atoms with Gasteiger partial charge in [-0.3, -0.25) is 4.79 Å². The van der Waals surface area contributed by atoms with Crippen molar-refractivity contribution in [2.45, 2.75) is 51.6 Å². The van der Waals surface area contributed by atoms with Crippen LogP contribution in [0, 0.1) is 11.8 Å². The minimum absolute atomic E-state index is 0.0498. The lowest BCUT2D eigenvalue weighted by Gasteiger charge is -2.31. The van der Waals surface area contributed by atoms with Gasteiger partial charge in [0.25, 0.3) is 0 Å².